The van der Waals surface area contributed by atoms with E-state index in [-0.39, 0.29) is 24.4 Å². The summed E-state index contributed by atoms with van der Waals surface area (Å²) in [5.41, 5.74) is -0.118. The van der Waals surface area contributed by atoms with Crippen LogP contribution in [0, 0.1) is 11.6 Å². The number of carbonyl (C=O) groups excluding carboxylic acids is 1. The molecule has 11 heteroatoms. The van der Waals surface area contributed by atoms with E-state index in [2.05, 4.69) is 0 Å². The number of halogens is 2. The molecule has 35 heavy (non-hydrogen) atoms. The summed E-state index contributed by atoms with van der Waals surface area (Å²) in [4.78, 5) is 13.4. The van der Waals surface area contributed by atoms with Crippen LogP contribution in [0.3, 0.4) is 0 Å². The highest BCUT2D eigenvalue weighted by Crippen LogP contribution is 2.45. The lowest BCUT2D eigenvalue weighted by Crippen LogP contribution is -2.39. The van der Waals surface area contributed by atoms with E-state index in [4.69, 9.17) is 14.2 Å². The summed E-state index contributed by atoms with van der Waals surface area (Å²) >= 11 is 0. The van der Waals surface area contributed by atoms with E-state index in [0.717, 1.165) is 22.2 Å². The standard InChI is InChI=1S/C24H26F2N2O6S/c1-14-20-15-9-10-28(35(30,31)22-16(25)7-6-8-17(22)26)18(15)13-19(32-5)21(20)33-12-11-27(14)23(29)34-24(2,3)4/h6-10,13-14H,11-12H2,1-5H3. The van der Waals surface area contributed by atoms with E-state index in [1.54, 1.807) is 27.7 Å². The van der Waals surface area contributed by atoms with Crippen molar-refractivity contribution >= 4 is 27.0 Å². The van der Waals surface area contributed by atoms with Gasteiger partial charge in [-0.15, -0.1) is 0 Å². The Morgan fingerprint density at radius 3 is 2.43 bits per heavy atom. The number of fused-ring (bicyclic) bond motifs is 3. The van der Waals surface area contributed by atoms with Gasteiger partial charge in [-0.2, -0.15) is 0 Å². The lowest BCUT2D eigenvalue weighted by Gasteiger charge is -2.30. The number of ether oxygens (including phenoxy) is 3. The molecule has 3 aromatic rings. The number of hydrogen-bond acceptors (Lipinski definition) is 6. The Morgan fingerprint density at radius 2 is 1.83 bits per heavy atom. The van der Waals surface area contributed by atoms with Crippen LogP contribution in [0.15, 0.2) is 41.4 Å². The van der Waals surface area contributed by atoms with Gasteiger partial charge in [-0.3, -0.25) is 4.90 Å². The molecule has 1 amide bonds. The molecule has 0 aliphatic carbocycles. The quantitative estimate of drug-likeness (QED) is 0.503. The number of rotatable bonds is 3. The van der Waals surface area contributed by atoms with Crippen molar-refractivity contribution in [3.63, 3.8) is 0 Å². The zero-order valence-corrected chi connectivity index (χ0v) is 20.8. The predicted molar refractivity (Wildman–Crippen MR) is 124 cm³/mol. The maximum Gasteiger partial charge on any atom is 0.410 e. The van der Waals surface area contributed by atoms with E-state index in [1.807, 2.05) is 0 Å². The first-order chi connectivity index (χ1) is 16.4. The smallest absolute Gasteiger partial charge is 0.410 e. The summed E-state index contributed by atoms with van der Waals surface area (Å²) in [5, 5.41) is 0.420. The van der Waals surface area contributed by atoms with Gasteiger partial charge in [-0.25, -0.2) is 26.0 Å². The number of amides is 1. The van der Waals surface area contributed by atoms with Crippen LogP contribution in [0.1, 0.15) is 39.3 Å². The summed E-state index contributed by atoms with van der Waals surface area (Å²) in [6.45, 7) is 7.40. The topological polar surface area (TPSA) is 87.1 Å². The molecule has 0 bridgehead atoms. The van der Waals surface area contributed by atoms with Gasteiger partial charge in [0.25, 0.3) is 10.0 Å². The maximum atomic E-state index is 14.4. The highest BCUT2D eigenvalue weighted by Gasteiger charge is 2.35. The number of methoxy groups -OCH3 is 1. The van der Waals surface area contributed by atoms with Gasteiger partial charge in [-0.05, 0) is 45.9 Å². The molecule has 8 nitrogen and oxygen atoms in total. The molecule has 1 aliphatic heterocycles. The van der Waals surface area contributed by atoms with Gasteiger partial charge in [0.05, 0.1) is 25.2 Å². The Bertz CT molecular complexity index is 1390. The second-order valence-corrected chi connectivity index (χ2v) is 10.9. The number of benzene rings is 2. The first-order valence-electron chi connectivity index (χ1n) is 10.9. The molecule has 1 aromatic heterocycles. The molecule has 0 spiro atoms. The van der Waals surface area contributed by atoms with Gasteiger partial charge in [-0.1, -0.05) is 6.07 Å². The van der Waals surface area contributed by atoms with E-state index in [9.17, 15) is 22.0 Å². The van der Waals surface area contributed by atoms with Gasteiger partial charge >= 0.3 is 6.09 Å². The molecular formula is C24H26F2N2O6S. The Labute approximate surface area is 202 Å². The van der Waals surface area contributed by atoms with Crippen molar-refractivity contribution in [1.29, 1.82) is 0 Å². The Morgan fingerprint density at radius 1 is 1.17 bits per heavy atom. The van der Waals surface area contributed by atoms with Gasteiger partial charge in [0.15, 0.2) is 16.4 Å². The fourth-order valence-corrected chi connectivity index (χ4v) is 5.61. The van der Waals surface area contributed by atoms with Crippen LogP contribution in [-0.4, -0.2) is 49.2 Å². The van der Waals surface area contributed by atoms with Crippen molar-refractivity contribution in [3.05, 3.63) is 53.7 Å². The van der Waals surface area contributed by atoms with E-state index in [0.29, 0.717) is 16.7 Å². The van der Waals surface area contributed by atoms with E-state index < -0.39 is 44.3 Å². The SMILES string of the molecule is COc1cc2c(ccn2S(=O)(=O)c2c(F)cccc2F)c2c1OCCN(C(=O)OC(C)(C)C)C2C. The van der Waals surface area contributed by atoms with Crippen molar-refractivity contribution in [2.24, 2.45) is 0 Å². The van der Waals surface area contributed by atoms with Crippen LogP contribution in [0.4, 0.5) is 13.6 Å². The molecule has 1 unspecified atom stereocenters. The first-order valence-corrected chi connectivity index (χ1v) is 12.3. The predicted octanol–water partition coefficient (Wildman–Crippen LogP) is 4.86. The highest BCUT2D eigenvalue weighted by molar-refractivity contribution is 7.90. The summed E-state index contributed by atoms with van der Waals surface area (Å²) in [6, 6.07) is 5.18. The first kappa shape index (κ1) is 24.8. The van der Waals surface area contributed by atoms with E-state index >= 15 is 0 Å². The lowest BCUT2D eigenvalue weighted by atomic mass is 10.0. The third kappa shape index (κ3) is 4.29. The number of hydrogen-bond donors (Lipinski definition) is 0. The van der Waals surface area contributed by atoms with Crippen molar-refractivity contribution in [3.8, 4) is 11.5 Å². The molecule has 1 aliphatic rings. The molecule has 2 aromatic carbocycles. The zero-order valence-electron chi connectivity index (χ0n) is 20.0. The van der Waals surface area contributed by atoms with Crippen molar-refractivity contribution in [1.82, 2.24) is 8.87 Å². The lowest BCUT2D eigenvalue weighted by molar-refractivity contribution is 0.0168. The molecule has 0 saturated heterocycles. The van der Waals surface area contributed by atoms with Gasteiger partial charge in [0, 0.05) is 23.2 Å². The average molecular weight is 509 g/mol. The zero-order chi connectivity index (χ0) is 25.7. The molecule has 1 atom stereocenters. The largest absolute Gasteiger partial charge is 0.493 e. The fraction of sp³-hybridized carbons (Fsp3) is 0.375. The van der Waals surface area contributed by atoms with Crippen LogP contribution in [-0.2, 0) is 14.8 Å². The van der Waals surface area contributed by atoms with E-state index in [1.165, 1.54) is 30.3 Å². The molecule has 2 heterocycles. The third-order valence-corrected chi connectivity index (χ3v) is 7.41. The number of carbonyl (C=O) groups is 1. The van der Waals surface area contributed by atoms with Gasteiger partial charge < -0.3 is 14.2 Å². The summed E-state index contributed by atoms with van der Waals surface area (Å²) in [6.07, 6.45) is 0.652. The van der Waals surface area contributed by atoms with Gasteiger partial charge in [0.2, 0.25) is 0 Å². The minimum absolute atomic E-state index is 0.116. The number of aromatic nitrogens is 1. The van der Waals surface area contributed by atoms with Crippen molar-refractivity contribution in [2.75, 3.05) is 20.3 Å². The maximum absolute atomic E-state index is 14.4. The van der Waals surface area contributed by atoms with Crippen molar-refractivity contribution in [2.45, 2.75) is 44.2 Å². The minimum Gasteiger partial charge on any atom is -0.493 e. The summed E-state index contributed by atoms with van der Waals surface area (Å²) < 4.78 is 73.2. The second-order valence-electron chi connectivity index (χ2n) is 9.12. The Kier molecular flexibility index (Phi) is 6.16. The number of nitrogens with zero attached hydrogens (tertiary/aromatic N) is 2. The van der Waals surface area contributed by atoms with Crippen LogP contribution in [0.5, 0.6) is 11.5 Å². The van der Waals surface area contributed by atoms with Crippen LogP contribution in [0.2, 0.25) is 0 Å². The molecule has 0 fully saturated rings. The van der Waals surface area contributed by atoms with Crippen molar-refractivity contribution < 1.29 is 36.2 Å². The van der Waals surface area contributed by atoms with Gasteiger partial charge in [0.1, 0.15) is 23.8 Å². The van der Waals surface area contributed by atoms with Crippen LogP contribution >= 0.6 is 0 Å². The Balaban J connectivity index is 1.93. The average Bonchev–Trinajstić information content (AvgIpc) is 3.10. The third-order valence-electron chi connectivity index (χ3n) is 5.66. The Hall–Kier alpha value is -3.34. The molecule has 4 rings (SSSR count). The van der Waals surface area contributed by atoms with Crippen LogP contribution in [0.25, 0.3) is 10.9 Å². The monoisotopic (exact) mass is 508 g/mol. The fourth-order valence-electron chi connectivity index (χ4n) is 4.16. The molecule has 0 radical (unpaired) electrons. The van der Waals surface area contributed by atoms with Crippen LogP contribution < -0.4 is 9.47 Å². The molecule has 0 N–H and O–H groups in total. The minimum atomic E-state index is -4.65. The molecular weight excluding hydrogens is 482 g/mol. The molecule has 0 saturated carbocycles. The second kappa shape index (κ2) is 8.71. The normalized spacial score (nSPS) is 16.4. The summed E-state index contributed by atoms with van der Waals surface area (Å²) in [7, 11) is -3.26. The summed E-state index contributed by atoms with van der Waals surface area (Å²) in [5.74, 6) is -1.84. The highest BCUT2D eigenvalue weighted by atomic mass is 32.2. The molecule has 188 valence electrons.